The Morgan fingerprint density at radius 2 is 1.49 bits per heavy atom. The first-order chi connectivity index (χ1) is 26.2. The first-order valence-electron chi connectivity index (χ1n) is 18.3. The maximum Gasteiger partial charge on any atom is 0.159 e. The van der Waals surface area contributed by atoms with Crippen molar-refractivity contribution in [1.29, 1.82) is 0 Å². The van der Waals surface area contributed by atoms with Crippen molar-refractivity contribution in [2.24, 2.45) is 10.7 Å². The maximum atomic E-state index is 7.04. The van der Waals surface area contributed by atoms with E-state index in [0.717, 1.165) is 57.6 Å². The van der Waals surface area contributed by atoms with Gasteiger partial charge in [-0.15, -0.1) is 13.2 Å². The molecule has 3 heterocycles. The predicted molar refractivity (Wildman–Crippen MR) is 230 cm³/mol. The van der Waals surface area contributed by atoms with E-state index in [2.05, 4.69) is 157 Å². The van der Waals surface area contributed by atoms with Gasteiger partial charge in [-0.2, -0.15) is 0 Å². The van der Waals surface area contributed by atoms with Gasteiger partial charge >= 0.3 is 0 Å². The predicted octanol–water partition coefficient (Wildman–Crippen LogP) is 12.6. The average Bonchev–Trinajstić information content (AvgIpc) is 3.80. The van der Waals surface area contributed by atoms with Crippen LogP contribution in [0.15, 0.2) is 144 Å². The molecule has 1 unspecified atom stereocenters. The van der Waals surface area contributed by atoms with Gasteiger partial charge in [-0.25, -0.2) is 0 Å². The van der Waals surface area contributed by atoms with Gasteiger partial charge in [0.1, 0.15) is 5.76 Å². The summed E-state index contributed by atoms with van der Waals surface area (Å²) in [5, 5.41) is 8.40. The fourth-order valence-corrected chi connectivity index (χ4v) is 7.93. The minimum Gasteiger partial charge on any atom is -0.458 e. The van der Waals surface area contributed by atoms with Crippen LogP contribution < -0.4 is 5.73 Å². The summed E-state index contributed by atoms with van der Waals surface area (Å²) in [5.74, 6) is 1.05. The molecule has 3 aromatic heterocycles. The molecule has 0 radical (unpaired) electrons. The number of pyridine rings is 1. The molecule has 266 valence electrons. The van der Waals surface area contributed by atoms with E-state index in [1.165, 1.54) is 55.9 Å². The molecule has 5 nitrogen and oxygen atoms in total. The molecule has 1 aliphatic rings. The van der Waals surface area contributed by atoms with E-state index < -0.39 is 0 Å². The van der Waals surface area contributed by atoms with Gasteiger partial charge < -0.3 is 14.7 Å². The Morgan fingerprint density at radius 1 is 0.811 bits per heavy atom. The summed E-state index contributed by atoms with van der Waals surface area (Å²) in [6.07, 6.45) is 10.2. The lowest BCUT2D eigenvalue weighted by Gasteiger charge is -2.27. The molecule has 0 saturated heterocycles. The Hall–Kier alpha value is -6.04. The molecule has 0 spiro atoms. The molecule has 5 aromatic carbocycles. The van der Waals surface area contributed by atoms with Crippen molar-refractivity contribution in [1.82, 2.24) is 9.55 Å². The second-order valence-electron chi connectivity index (χ2n) is 12.6. The second-order valence-corrected chi connectivity index (χ2v) is 12.6. The van der Waals surface area contributed by atoms with E-state index in [-0.39, 0.29) is 6.04 Å². The van der Waals surface area contributed by atoms with Crippen LogP contribution in [0, 0.1) is 6.92 Å². The minimum absolute atomic E-state index is 0.289. The molecule has 0 fully saturated rings. The fourth-order valence-electron chi connectivity index (χ4n) is 7.93. The lowest BCUT2D eigenvalue weighted by Crippen LogP contribution is -2.15. The molecule has 0 amide bonds. The van der Waals surface area contributed by atoms with Crippen LogP contribution in [-0.2, 0) is 6.42 Å². The van der Waals surface area contributed by atoms with Crippen LogP contribution in [0.2, 0.25) is 0 Å². The number of hydrogen-bond acceptors (Lipinski definition) is 4. The molecular formula is C48H48N4O. The fraction of sp³-hybridized carbons (Fsp3) is 0.167. The molecule has 1 atom stereocenters. The summed E-state index contributed by atoms with van der Waals surface area (Å²) in [5.41, 5.74) is 14.2. The van der Waals surface area contributed by atoms with Crippen LogP contribution in [0.4, 0.5) is 0 Å². The second kappa shape index (κ2) is 16.1. The Morgan fingerprint density at radius 3 is 2.19 bits per heavy atom. The zero-order valence-corrected chi connectivity index (χ0v) is 31.5. The van der Waals surface area contributed by atoms with Crippen molar-refractivity contribution in [2.45, 2.75) is 46.6 Å². The van der Waals surface area contributed by atoms with Crippen LogP contribution in [0.5, 0.6) is 0 Å². The van der Waals surface area contributed by atoms with Crippen molar-refractivity contribution in [3.05, 3.63) is 162 Å². The molecule has 8 aromatic rings. The van der Waals surface area contributed by atoms with Crippen LogP contribution in [0.1, 0.15) is 61.2 Å². The standard InChI is InChI=1S/C43H33N3O.C2H6.C2H4.CH5N/c1-26-13-4-6-16-30(26)37(27(2)44-3)40(29-15-12-24-45-25-29)46-41-31-17-7-5-14-28(31)22-23-35(41)38-32-18-8-9-19-33(32)39-34-20-10-11-21-36(34)47-43(39)42(38)46;3*1-2/h4-10,12-20,22-25,40H,3,11,21H2,1-2H3;1-2H3;1-2H2;2H2,1H3/b37-27-;;;. The Bertz CT molecular complexity index is 2640. The monoisotopic (exact) mass is 696 g/mol. The van der Waals surface area contributed by atoms with E-state index in [9.17, 15) is 0 Å². The number of fused-ring (bicyclic) bond motifs is 12. The highest BCUT2D eigenvalue weighted by molar-refractivity contribution is 6.34. The van der Waals surface area contributed by atoms with E-state index in [4.69, 9.17) is 4.42 Å². The summed E-state index contributed by atoms with van der Waals surface area (Å²) in [6.45, 7) is 18.3. The molecule has 0 saturated carbocycles. The zero-order valence-electron chi connectivity index (χ0n) is 31.5. The highest BCUT2D eigenvalue weighted by Gasteiger charge is 2.32. The number of rotatable bonds is 5. The quantitative estimate of drug-likeness (QED) is 0.144. The van der Waals surface area contributed by atoms with Gasteiger partial charge in [0.05, 0.1) is 17.1 Å². The lowest BCUT2D eigenvalue weighted by molar-refractivity contribution is 0.547. The molecule has 0 aliphatic heterocycles. The Balaban J connectivity index is 0.000000764. The van der Waals surface area contributed by atoms with E-state index in [1.807, 2.05) is 32.3 Å². The smallest absolute Gasteiger partial charge is 0.159 e. The van der Waals surface area contributed by atoms with E-state index >= 15 is 0 Å². The number of benzene rings is 5. The molecule has 53 heavy (non-hydrogen) atoms. The number of nitrogens with zero attached hydrogens (tertiary/aromatic N) is 3. The third-order valence-corrected chi connectivity index (χ3v) is 10.0. The first kappa shape index (κ1) is 36.7. The van der Waals surface area contributed by atoms with Gasteiger partial charge in [-0.3, -0.25) is 9.98 Å². The van der Waals surface area contributed by atoms with Crippen molar-refractivity contribution in [3.8, 4) is 0 Å². The van der Waals surface area contributed by atoms with Crippen LogP contribution in [0.25, 0.3) is 66.0 Å². The van der Waals surface area contributed by atoms with E-state index in [0.29, 0.717) is 0 Å². The third-order valence-electron chi connectivity index (χ3n) is 10.0. The summed E-state index contributed by atoms with van der Waals surface area (Å²) in [6, 6.07) is 34.6. The number of hydrogen-bond donors (Lipinski definition) is 1. The summed E-state index contributed by atoms with van der Waals surface area (Å²) in [7, 11) is 1.50. The highest BCUT2D eigenvalue weighted by atomic mass is 16.3. The minimum atomic E-state index is -0.289. The molecule has 2 N–H and O–H groups in total. The highest BCUT2D eigenvalue weighted by Crippen LogP contribution is 2.50. The largest absolute Gasteiger partial charge is 0.458 e. The summed E-state index contributed by atoms with van der Waals surface area (Å²) < 4.78 is 9.57. The molecule has 1 aliphatic carbocycles. The molecule has 5 heteroatoms. The van der Waals surface area contributed by atoms with Gasteiger partial charge in [0.2, 0.25) is 0 Å². The number of nitrogens with two attached hydrogens (primary N) is 1. The molecule has 9 rings (SSSR count). The topological polar surface area (TPSA) is 69.3 Å². The van der Waals surface area contributed by atoms with Crippen LogP contribution >= 0.6 is 0 Å². The zero-order chi connectivity index (χ0) is 37.6. The van der Waals surface area contributed by atoms with Gasteiger partial charge in [0.25, 0.3) is 0 Å². The Labute approximate surface area is 312 Å². The maximum absolute atomic E-state index is 7.04. The number of aryl methyl sites for hydroxylation is 2. The number of aromatic nitrogens is 2. The van der Waals surface area contributed by atoms with Gasteiger partial charge in [0.15, 0.2) is 5.58 Å². The summed E-state index contributed by atoms with van der Waals surface area (Å²) in [4.78, 5) is 9.29. The van der Waals surface area contributed by atoms with Gasteiger partial charge in [-0.1, -0.05) is 117 Å². The summed E-state index contributed by atoms with van der Waals surface area (Å²) >= 11 is 0. The van der Waals surface area contributed by atoms with Crippen molar-refractivity contribution in [2.75, 3.05) is 7.05 Å². The first-order valence-corrected chi connectivity index (χ1v) is 18.3. The van der Waals surface area contributed by atoms with Gasteiger partial charge in [-0.05, 0) is 72.9 Å². The number of furan rings is 1. The van der Waals surface area contributed by atoms with Gasteiger partial charge in [0, 0.05) is 57.2 Å². The van der Waals surface area contributed by atoms with Crippen molar-refractivity contribution >= 4 is 72.7 Å². The SMILES string of the molecule is C=C.C=N/C(C)=C(/c1ccccc1C)C(c1cccnc1)n1c2c3ccccc3ccc2c2c3ccccc3c3c4c(oc3c21)CCC=C4.CC.CN. The molecular weight excluding hydrogens is 649 g/mol. The average molecular weight is 697 g/mol. The Kier molecular flexibility index (Phi) is 11.2. The number of allylic oxidation sites excluding steroid dienone is 3. The van der Waals surface area contributed by atoms with Crippen LogP contribution in [0.3, 0.4) is 0 Å². The van der Waals surface area contributed by atoms with Crippen molar-refractivity contribution in [3.63, 3.8) is 0 Å². The van der Waals surface area contributed by atoms with Crippen molar-refractivity contribution < 1.29 is 4.42 Å². The number of aliphatic imine (C=N–C) groups is 1. The van der Waals surface area contributed by atoms with E-state index in [1.54, 1.807) is 0 Å². The normalized spacial score (nSPS) is 12.9. The third kappa shape index (κ3) is 6.07. The molecule has 0 bridgehead atoms. The van der Waals surface area contributed by atoms with Crippen LogP contribution in [-0.4, -0.2) is 23.3 Å². The lowest BCUT2D eigenvalue weighted by atomic mass is 9.89.